The molecule has 0 bridgehead atoms. The zero-order chi connectivity index (χ0) is 50.3. The van der Waals surface area contributed by atoms with E-state index in [4.69, 9.17) is 14.2 Å². The van der Waals surface area contributed by atoms with E-state index in [2.05, 4.69) is 31.3 Å². The van der Waals surface area contributed by atoms with Crippen molar-refractivity contribution in [3.05, 3.63) is 24.3 Å². The summed E-state index contributed by atoms with van der Waals surface area (Å²) in [4.78, 5) is 25.0. The Labute approximate surface area is 422 Å². The summed E-state index contributed by atoms with van der Waals surface area (Å²) in [5, 5.41) is 54.2. The molecule has 7 unspecified atom stereocenters. The van der Waals surface area contributed by atoms with E-state index < -0.39 is 49.5 Å². The van der Waals surface area contributed by atoms with Crippen molar-refractivity contribution in [1.29, 1.82) is 0 Å². The number of carbonyl (C=O) groups excluding carboxylic acids is 2. The Hall–Kier alpha value is -1.86. The van der Waals surface area contributed by atoms with Crippen LogP contribution in [0.2, 0.25) is 0 Å². The van der Waals surface area contributed by atoms with Crippen LogP contribution < -0.4 is 5.32 Å². The highest BCUT2D eigenvalue weighted by Crippen LogP contribution is 2.23. The Bertz CT molecular complexity index is 1200. The highest BCUT2D eigenvalue weighted by atomic mass is 16.7. The lowest BCUT2D eigenvalue weighted by Crippen LogP contribution is -2.60. The summed E-state index contributed by atoms with van der Waals surface area (Å²) in [6.07, 6.45) is 47.1. The van der Waals surface area contributed by atoms with Crippen molar-refractivity contribution in [2.75, 3.05) is 19.8 Å². The highest BCUT2D eigenvalue weighted by Gasteiger charge is 2.44. The average molecular weight is 981 g/mol. The lowest BCUT2D eigenvalue weighted by Gasteiger charge is -2.40. The van der Waals surface area contributed by atoms with Crippen LogP contribution in [0, 0.1) is 0 Å². The third-order valence-corrected chi connectivity index (χ3v) is 13.8. The number of esters is 1. The van der Waals surface area contributed by atoms with Gasteiger partial charge in [-0.15, -0.1) is 0 Å². The van der Waals surface area contributed by atoms with E-state index in [9.17, 15) is 35.1 Å². The van der Waals surface area contributed by atoms with Gasteiger partial charge >= 0.3 is 5.97 Å². The first-order valence-corrected chi connectivity index (χ1v) is 29.1. The molecule has 406 valence electrons. The van der Waals surface area contributed by atoms with Gasteiger partial charge in [0.2, 0.25) is 5.91 Å². The Morgan fingerprint density at radius 1 is 0.522 bits per heavy atom. The minimum atomic E-state index is -1.58. The molecule has 1 heterocycles. The van der Waals surface area contributed by atoms with Crippen LogP contribution in [0.15, 0.2) is 24.3 Å². The molecule has 1 saturated heterocycles. The van der Waals surface area contributed by atoms with Crippen LogP contribution in [0.5, 0.6) is 0 Å². The number of hydrogen-bond donors (Lipinski definition) is 6. The van der Waals surface area contributed by atoms with Gasteiger partial charge < -0.3 is 45.1 Å². The lowest BCUT2D eigenvalue weighted by molar-refractivity contribution is -0.302. The number of carbonyl (C=O) groups is 2. The van der Waals surface area contributed by atoms with Gasteiger partial charge in [-0.05, 0) is 44.9 Å². The standard InChI is InChI=1S/C58H109NO10/c1-3-5-7-9-11-13-25-30-34-38-42-46-54(63)67-47-43-39-35-31-27-24-22-20-18-16-15-17-19-21-23-26-29-33-37-41-45-53(62)59-50(49-68-58-57(66)56(65)55(64)52(48-60)69-58)51(61)44-40-36-32-28-14-12-10-8-6-4-2/h14,28,40,44,50-52,55-58,60-61,64-66H,3-13,15-27,29-39,41-43,45-49H2,1-2H3,(H,59,62)/b28-14+,44-40+. The van der Waals surface area contributed by atoms with Crippen LogP contribution in [-0.2, 0) is 23.8 Å². The van der Waals surface area contributed by atoms with Crippen LogP contribution in [0.3, 0.4) is 0 Å². The SMILES string of the molecule is CCCCCC/C=C/CC/C=C/C(O)C(COC1OC(CO)C(O)C(O)C1O)NC(=O)CCCCCCCCCCCCCCCCCCCCCCOC(=O)CCCCCCCCCCCCC. The second kappa shape index (κ2) is 48.4. The molecule has 1 amide bonds. The number of aliphatic hydroxyl groups excluding tert-OH is 5. The normalized spacial score (nSPS) is 19.4. The van der Waals surface area contributed by atoms with Crippen LogP contribution in [0.1, 0.15) is 271 Å². The zero-order valence-corrected chi connectivity index (χ0v) is 44.5. The fraction of sp³-hybridized carbons (Fsp3) is 0.897. The van der Waals surface area contributed by atoms with Gasteiger partial charge in [-0.2, -0.15) is 0 Å². The molecule has 1 rings (SSSR count). The van der Waals surface area contributed by atoms with Gasteiger partial charge in [0.25, 0.3) is 0 Å². The van der Waals surface area contributed by atoms with Crippen LogP contribution in [0.4, 0.5) is 0 Å². The summed E-state index contributed by atoms with van der Waals surface area (Å²) in [5.41, 5.74) is 0. The molecule has 0 aromatic heterocycles. The van der Waals surface area contributed by atoms with Crippen molar-refractivity contribution >= 4 is 11.9 Å². The molecule has 0 spiro atoms. The summed E-state index contributed by atoms with van der Waals surface area (Å²) in [6, 6.07) is -0.827. The first-order valence-electron chi connectivity index (χ1n) is 29.1. The number of ether oxygens (including phenoxy) is 3. The molecule has 69 heavy (non-hydrogen) atoms. The van der Waals surface area contributed by atoms with Gasteiger partial charge in [0.1, 0.15) is 24.4 Å². The van der Waals surface area contributed by atoms with E-state index in [1.807, 2.05) is 6.08 Å². The molecular formula is C58H109NO10. The number of unbranched alkanes of at least 4 members (excludes halogenated alkanes) is 34. The topological polar surface area (TPSA) is 175 Å². The van der Waals surface area contributed by atoms with Crippen molar-refractivity contribution in [3.8, 4) is 0 Å². The number of rotatable bonds is 50. The highest BCUT2D eigenvalue weighted by molar-refractivity contribution is 5.76. The van der Waals surface area contributed by atoms with E-state index in [1.165, 1.54) is 180 Å². The summed E-state index contributed by atoms with van der Waals surface area (Å²) in [7, 11) is 0. The maximum atomic E-state index is 13.0. The van der Waals surface area contributed by atoms with Crippen molar-refractivity contribution in [2.24, 2.45) is 0 Å². The van der Waals surface area contributed by atoms with E-state index in [0.717, 1.165) is 64.2 Å². The summed E-state index contributed by atoms with van der Waals surface area (Å²) < 4.78 is 16.7. The van der Waals surface area contributed by atoms with Crippen molar-refractivity contribution in [3.63, 3.8) is 0 Å². The Morgan fingerprint density at radius 3 is 1.43 bits per heavy atom. The van der Waals surface area contributed by atoms with Crippen LogP contribution in [0.25, 0.3) is 0 Å². The molecule has 0 saturated carbocycles. The first-order chi connectivity index (χ1) is 33.7. The summed E-state index contributed by atoms with van der Waals surface area (Å²) in [6.45, 7) is 4.29. The Kier molecular flexibility index (Phi) is 45.7. The molecule has 1 aliphatic rings. The van der Waals surface area contributed by atoms with Gasteiger partial charge in [0.15, 0.2) is 6.29 Å². The van der Waals surface area contributed by atoms with Crippen LogP contribution in [-0.4, -0.2) is 100 Å². The van der Waals surface area contributed by atoms with Gasteiger partial charge in [-0.3, -0.25) is 9.59 Å². The molecule has 11 nitrogen and oxygen atoms in total. The fourth-order valence-electron chi connectivity index (χ4n) is 9.16. The molecular weight excluding hydrogens is 871 g/mol. The number of allylic oxidation sites excluding steroid dienone is 3. The third-order valence-electron chi connectivity index (χ3n) is 13.8. The third kappa shape index (κ3) is 38.4. The van der Waals surface area contributed by atoms with Gasteiger partial charge in [-0.1, -0.05) is 237 Å². The smallest absolute Gasteiger partial charge is 0.305 e. The quantitative estimate of drug-likeness (QED) is 0.0196. The Balaban J connectivity index is 2.05. The largest absolute Gasteiger partial charge is 0.466 e. The van der Waals surface area contributed by atoms with Gasteiger partial charge in [0.05, 0.1) is 32.0 Å². The number of nitrogens with one attached hydrogen (secondary N) is 1. The van der Waals surface area contributed by atoms with E-state index in [0.29, 0.717) is 19.4 Å². The maximum absolute atomic E-state index is 13.0. The van der Waals surface area contributed by atoms with E-state index in [1.54, 1.807) is 6.08 Å². The maximum Gasteiger partial charge on any atom is 0.305 e. The number of hydrogen-bond acceptors (Lipinski definition) is 10. The van der Waals surface area contributed by atoms with Crippen molar-refractivity contribution in [1.82, 2.24) is 5.32 Å². The Morgan fingerprint density at radius 2 is 0.942 bits per heavy atom. The van der Waals surface area contributed by atoms with E-state index in [-0.39, 0.29) is 18.5 Å². The molecule has 7 atom stereocenters. The minimum Gasteiger partial charge on any atom is -0.466 e. The second-order valence-corrected chi connectivity index (χ2v) is 20.3. The van der Waals surface area contributed by atoms with Gasteiger partial charge in [-0.25, -0.2) is 0 Å². The first kappa shape index (κ1) is 65.2. The molecule has 0 aromatic rings. The molecule has 1 aliphatic heterocycles. The van der Waals surface area contributed by atoms with E-state index >= 15 is 0 Å². The summed E-state index contributed by atoms with van der Waals surface area (Å²) >= 11 is 0. The zero-order valence-electron chi connectivity index (χ0n) is 44.5. The molecule has 0 aliphatic carbocycles. The monoisotopic (exact) mass is 980 g/mol. The molecule has 6 N–H and O–H groups in total. The van der Waals surface area contributed by atoms with Crippen molar-refractivity contribution in [2.45, 2.75) is 314 Å². The number of amides is 1. The summed E-state index contributed by atoms with van der Waals surface area (Å²) in [5.74, 6) is -0.199. The number of aliphatic hydroxyl groups is 5. The predicted octanol–water partition coefficient (Wildman–Crippen LogP) is 12.9. The fourth-order valence-corrected chi connectivity index (χ4v) is 9.16. The molecule has 0 radical (unpaired) electrons. The molecule has 1 fully saturated rings. The molecule has 11 heteroatoms. The predicted molar refractivity (Wildman–Crippen MR) is 283 cm³/mol. The average Bonchev–Trinajstić information content (AvgIpc) is 3.34. The minimum absolute atomic E-state index is 0.00430. The van der Waals surface area contributed by atoms with Crippen molar-refractivity contribution < 1.29 is 49.3 Å². The lowest BCUT2D eigenvalue weighted by atomic mass is 9.99. The molecule has 0 aromatic carbocycles. The second-order valence-electron chi connectivity index (χ2n) is 20.3. The van der Waals surface area contributed by atoms with Gasteiger partial charge in [0, 0.05) is 12.8 Å². The van der Waals surface area contributed by atoms with Crippen LogP contribution >= 0.6 is 0 Å².